The average molecular weight is 214 g/mol. The highest BCUT2D eigenvalue weighted by molar-refractivity contribution is 5.73. The Kier molecular flexibility index (Phi) is 5.36. The van der Waals surface area contributed by atoms with Crippen LogP contribution in [-0.2, 0) is 19.0 Å². The lowest BCUT2D eigenvalue weighted by Gasteiger charge is -2.27. The van der Waals surface area contributed by atoms with Crippen molar-refractivity contribution in [2.45, 2.75) is 26.1 Å². The Bertz CT molecular complexity index is 207. The standard InChI is InChI=1S/C11H18O4/c1-3-5-6-9-7-14-11(15-8-9)10(12)13-4-2/h3,9,11H,1,4-8H2,2H3. The molecule has 0 saturated carbocycles. The van der Waals surface area contributed by atoms with E-state index in [2.05, 4.69) is 6.58 Å². The summed E-state index contributed by atoms with van der Waals surface area (Å²) in [4.78, 5) is 11.2. The van der Waals surface area contributed by atoms with Crippen LogP contribution in [0.2, 0.25) is 0 Å². The van der Waals surface area contributed by atoms with Gasteiger partial charge in [0.1, 0.15) is 0 Å². The largest absolute Gasteiger partial charge is 0.462 e. The molecule has 0 spiro atoms. The molecule has 4 nitrogen and oxygen atoms in total. The number of ether oxygens (including phenoxy) is 3. The molecular weight excluding hydrogens is 196 g/mol. The fourth-order valence-electron chi connectivity index (χ4n) is 1.41. The molecule has 0 radical (unpaired) electrons. The minimum atomic E-state index is -0.829. The minimum Gasteiger partial charge on any atom is -0.462 e. The number of hydrogen-bond donors (Lipinski definition) is 0. The van der Waals surface area contributed by atoms with E-state index in [0.717, 1.165) is 12.8 Å². The summed E-state index contributed by atoms with van der Waals surface area (Å²) in [6, 6.07) is 0. The van der Waals surface area contributed by atoms with Crippen LogP contribution in [-0.4, -0.2) is 32.1 Å². The summed E-state index contributed by atoms with van der Waals surface area (Å²) in [5.41, 5.74) is 0. The van der Waals surface area contributed by atoms with E-state index in [4.69, 9.17) is 14.2 Å². The van der Waals surface area contributed by atoms with Gasteiger partial charge < -0.3 is 14.2 Å². The molecule has 1 saturated heterocycles. The van der Waals surface area contributed by atoms with Gasteiger partial charge in [-0.15, -0.1) is 6.58 Å². The molecule has 0 atom stereocenters. The maximum absolute atomic E-state index is 11.2. The van der Waals surface area contributed by atoms with Gasteiger partial charge in [0.25, 0.3) is 6.29 Å². The zero-order valence-corrected chi connectivity index (χ0v) is 9.11. The smallest absolute Gasteiger partial charge is 0.363 e. The van der Waals surface area contributed by atoms with Crippen LogP contribution in [0.25, 0.3) is 0 Å². The third kappa shape index (κ3) is 4.01. The first-order valence-electron chi connectivity index (χ1n) is 5.28. The quantitative estimate of drug-likeness (QED) is 0.514. The third-order valence-electron chi connectivity index (χ3n) is 2.22. The Morgan fingerprint density at radius 1 is 1.53 bits per heavy atom. The zero-order valence-electron chi connectivity index (χ0n) is 9.11. The van der Waals surface area contributed by atoms with Gasteiger partial charge in [0.15, 0.2) is 0 Å². The first kappa shape index (κ1) is 12.2. The molecule has 0 bridgehead atoms. The van der Waals surface area contributed by atoms with Crippen molar-refractivity contribution >= 4 is 5.97 Å². The molecule has 4 heteroatoms. The number of allylic oxidation sites excluding steroid dienone is 1. The van der Waals surface area contributed by atoms with Crippen LogP contribution in [0, 0.1) is 5.92 Å². The summed E-state index contributed by atoms with van der Waals surface area (Å²) in [7, 11) is 0. The van der Waals surface area contributed by atoms with Crippen molar-refractivity contribution < 1.29 is 19.0 Å². The molecule has 0 aromatic heterocycles. The lowest BCUT2D eigenvalue weighted by molar-refractivity contribution is -0.221. The summed E-state index contributed by atoms with van der Waals surface area (Å²) in [6.45, 7) is 6.87. The second-order valence-corrected chi connectivity index (χ2v) is 3.48. The van der Waals surface area contributed by atoms with Crippen LogP contribution in [0.5, 0.6) is 0 Å². The van der Waals surface area contributed by atoms with Crippen molar-refractivity contribution in [2.75, 3.05) is 19.8 Å². The Balaban J connectivity index is 2.23. The number of esters is 1. The molecule has 1 heterocycles. The van der Waals surface area contributed by atoms with Gasteiger partial charge in [-0.25, -0.2) is 4.79 Å². The number of rotatable bonds is 5. The second kappa shape index (κ2) is 6.58. The Hall–Kier alpha value is -0.870. The number of carbonyl (C=O) groups excluding carboxylic acids is 1. The first-order chi connectivity index (χ1) is 7.27. The van der Waals surface area contributed by atoms with Gasteiger partial charge >= 0.3 is 5.97 Å². The van der Waals surface area contributed by atoms with Gasteiger partial charge in [-0.1, -0.05) is 6.08 Å². The van der Waals surface area contributed by atoms with Crippen LogP contribution < -0.4 is 0 Å². The molecule has 0 amide bonds. The molecular formula is C11H18O4. The highest BCUT2D eigenvalue weighted by Gasteiger charge is 2.28. The van der Waals surface area contributed by atoms with Crippen molar-refractivity contribution in [3.8, 4) is 0 Å². The Morgan fingerprint density at radius 2 is 2.20 bits per heavy atom. The molecule has 0 aromatic carbocycles. The van der Waals surface area contributed by atoms with Crippen LogP contribution >= 0.6 is 0 Å². The van der Waals surface area contributed by atoms with Gasteiger partial charge in [-0.05, 0) is 19.8 Å². The predicted molar refractivity (Wildman–Crippen MR) is 55.2 cm³/mol. The van der Waals surface area contributed by atoms with Crippen LogP contribution in [0.15, 0.2) is 12.7 Å². The average Bonchev–Trinajstić information content (AvgIpc) is 2.27. The summed E-state index contributed by atoms with van der Waals surface area (Å²) < 4.78 is 15.3. The van der Waals surface area contributed by atoms with Gasteiger partial charge in [0, 0.05) is 5.92 Å². The van der Waals surface area contributed by atoms with E-state index in [1.807, 2.05) is 6.08 Å². The number of hydrogen-bond acceptors (Lipinski definition) is 4. The topological polar surface area (TPSA) is 44.8 Å². The Labute approximate surface area is 90.2 Å². The predicted octanol–water partition coefficient (Wildman–Crippen LogP) is 1.50. The van der Waals surface area contributed by atoms with Gasteiger partial charge in [-0.3, -0.25) is 0 Å². The van der Waals surface area contributed by atoms with Gasteiger partial charge in [-0.2, -0.15) is 0 Å². The van der Waals surface area contributed by atoms with Gasteiger partial charge in [0.05, 0.1) is 19.8 Å². The molecule has 1 rings (SSSR count). The molecule has 0 aliphatic carbocycles. The summed E-state index contributed by atoms with van der Waals surface area (Å²) in [6.07, 6.45) is 2.97. The molecule has 1 aliphatic heterocycles. The van der Waals surface area contributed by atoms with Crippen molar-refractivity contribution in [3.63, 3.8) is 0 Å². The molecule has 0 N–H and O–H groups in total. The van der Waals surface area contributed by atoms with E-state index in [-0.39, 0.29) is 0 Å². The fraction of sp³-hybridized carbons (Fsp3) is 0.727. The van der Waals surface area contributed by atoms with Gasteiger partial charge in [0.2, 0.25) is 0 Å². The lowest BCUT2D eigenvalue weighted by Crippen LogP contribution is -2.38. The summed E-state index contributed by atoms with van der Waals surface area (Å²) >= 11 is 0. The normalized spacial score (nSPS) is 25.9. The van der Waals surface area contributed by atoms with E-state index in [1.165, 1.54) is 0 Å². The fourth-order valence-corrected chi connectivity index (χ4v) is 1.41. The Morgan fingerprint density at radius 3 is 2.73 bits per heavy atom. The van der Waals surface area contributed by atoms with Crippen molar-refractivity contribution in [1.29, 1.82) is 0 Å². The van der Waals surface area contributed by atoms with E-state index < -0.39 is 12.3 Å². The molecule has 86 valence electrons. The first-order valence-corrected chi connectivity index (χ1v) is 5.28. The van der Waals surface area contributed by atoms with E-state index >= 15 is 0 Å². The maximum Gasteiger partial charge on any atom is 0.363 e. The number of carbonyl (C=O) groups is 1. The summed E-state index contributed by atoms with van der Waals surface area (Å²) in [5.74, 6) is -0.0756. The minimum absolute atomic E-state index is 0.349. The molecule has 1 aliphatic rings. The van der Waals surface area contributed by atoms with Crippen molar-refractivity contribution in [2.24, 2.45) is 5.92 Å². The van der Waals surface area contributed by atoms with Crippen molar-refractivity contribution in [1.82, 2.24) is 0 Å². The van der Waals surface area contributed by atoms with E-state index in [9.17, 15) is 4.79 Å². The lowest BCUT2D eigenvalue weighted by atomic mass is 10.1. The maximum atomic E-state index is 11.2. The molecule has 0 unspecified atom stereocenters. The van der Waals surface area contributed by atoms with Crippen LogP contribution in [0.3, 0.4) is 0 Å². The molecule has 1 fully saturated rings. The monoisotopic (exact) mass is 214 g/mol. The van der Waals surface area contributed by atoms with Crippen molar-refractivity contribution in [3.05, 3.63) is 12.7 Å². The van der Waals surface area contributed by atoms with E-state index in [0.29, 0.717) is 25.7 Å². The zero-order chi connectivity index (χ0) is 11.1. The SMILES string of the molecule is C=CCCC1COC(C(=O)OCC)OC1. The van der Waals surface area contributed by atoms with Crippen LogP contribution in [0.4, 0.5) is 0 Å². The van der Waals surface area contributed by atoms with Crippen LogP contribution in [0.1, 0.15) is 19.8 Å². The molecule has 15 heavy (non-hydrogen) atoms. The highest BCUT2D eigenvalue weighted by atomic mass is 16.7. The summed E-state index contributed by atoms with van der Waals surface area (Å²) in [5, 5.41) is 0. The second-order valence-electron chi connectivity index (χ2n) is 3.48. The molecule has 0 aromatic rings. The van der Waals surface area contributed by atoms with E-state index in [1.54, 1.807) is 6.92 Å². The third-order valence-corrected chi connectivity index (χ3v) is 2.22. The highest BCUT2D eigenvalue weighted by Crippen LogP contribution is 2.16.